The first-order chi connectivity index (χ1) is 14.0. The zero-order valence-corrected chi connectivity index (χ0v) is 17.1. The highest BCUT2D eigenvalue weighted by Gasteiger charge is 2.17. The lowest BCUT2D eigenvalue weighted by atomic mass is 9.95. The minimum atomic E-state index is -0.0170. The zero-order valence-electron chi connectivity index (χ0n) is 17.1. The first-order valence-electron chi connectivity index (χ1n) is 9.81. The van der Waals surface area contributed by atoms with Crippen LogP contribution < -0.4 is 0 Å². The van der Waals surface area contributed by atoms with Gasteiger partial charge in [0.1, 0.15) is 0 Å². The van der Waals surface area contributed by atoms with E-state index in [1.54, 1.807) is 0 Å². The summed E-state index contributed by atoms with van der Waals surface area (Å²) < 4.78 is 0. The van der Waals surface area contributed by atoms with Gasteiger partial charge < -0.3 is 0 Å². The monoisotopic (exact) mass is 381 g/mol. The minimum absolute atomic E-state index is 0.0170. The normalized spacial score (nSPS) is 11.5. The Morgan fingerprint density at radius 3 is 2.10 bits per heavy atom. The largest absolute Gasteiger partial charge is 0.298 e. The van der Waals surface area contributed by atoms with Crippen LogP contribution in [0.15, 0.2) is 97.1 Å². The SMILES string of the molecule is C=C(CN(C)Cc1ccccc1)C(=O)/C(=C/c1ccc(C)cc1)c1ccccc1. The van der Waals surface area contributed by atoms with Crippen molar-refractivity contribution >= 4 is 17.4 Å². The Morgan fingerprint density at radius 2 is 1.48 bits per heavy atom. The van der Waals surface area contributed by atoms with E-state index >= 15 is 0 Å². The number of benzene rings is 3. The average molecular weight is 382 g/mol. The van der Waals surface area contributed by atoms with Gasteiger partial charge in [0, 0.05) is 24.2 Å². The second-order valence-corrected chi connectivity index (χ2v) is 7.43. The van der Waals surface area contributed by atoms with Crippen molar-refractivity contribution in [3.8, 4) is 0 Å². The molecule has 0 aliphatic rings. The third kappa shape index (κ3) is 5.87. The average Bonchev–Trinajstić information content (AvgIpc) is 2.74. The molecule has 2 heteroatoms. The second kappa shape index (κ2) is 9.81. The molecular formula is C27H27NO. The van der Waals surface area contributed by atoms with E-state index in [0.717, 1.165) is 17.7 Å². The Morgan fingerprint density at radius 1 is 0.897 bits per heavy atom. The molecule has 0 aliphatic heterocycles. The summed E-state index contributed by atoms with van der Waals surface area (Å²) >= 11 is 0. The number of hydrogen-bond donors (Lipinski definition) is 0. The van der Waals surface area contributed by atoms with Gasteiger partial charge in [0.05, 0.1) is 0 Å². The van der Waals surface area contributed by atoms with Gasteiger partial charge in [0.15, 0.2) is 5.78 Å². The summed E-state index contributed by atoms with van der Waals surface area (Å²) in [5.74, 6) is -0.0170. The topological polar surface area (TPSA) is 20.3 Å². The molecule has 3 rings (SSSR count). The lowest BCUT2D eigenvalue weighted by Gasteiger charge is -2.18. The van der Waals surface area contributed by atoms with Gasteiger partial charge in [-0.2, -0.15) is 0 Å². The molecule has 0 amide bonds. The van der Waals surface area contributed by atoms with Crippen LogP contribution in [0.1, 0.15) is 22.3 Å². The number of ketones is 1. The van der Waals surface area contributed by atoms with Gasteiger partial charge in [-0.15, -0.1) is 0 Å². The highest BCUT2D eigenvalue weighted by atomic mass is 16.1. The van der Waals surface area contributed by atoms with Crippen LogP contribution in [0.4, 0.5) is 0 Å². The van der Waals surface area contributed by atoms with Gasteiger partial charge in [-0.25, -0.2) is 0 Å². The number of Topliss-reactive ketones (excluding diaryl/α,β-unsaturated/α-hetero) is 1. The van der Waals surface area contributed by atoms with E-state index in [4.69, 9.17) is 0 Å². The first kappa shape index (κ1) is 20.5. The van der Waals surface area contributed by atoms with Crippen LogP contribution in [0.2, 0.25) is 0 Å². The summed E-state index contributed by atoms with van der Waals surface area (Å²) in [5.41, 5.74) is 5.59. The molecule has 0 aromatic heterocycles. The number of hydrogen-bond acceptors (Lipinski definition) is 2. The predicted molar refractivity (Wildman–Crippen MR) is 122 cm³/mol. The molecule has 0 aliphatic carbocycles. The molecular weight excluding hydrogens is 354 g/mol. The fourth-order valence-electron chi connectivity index (χ4n) is 3.27. The Labute approximate surface area is 173 Å². The van der Waals surface area contributed by atoms with Gasteiger partial charge in [-0.1, -0.05) is 97.1 Å². The number of carbonyl (C=O) groups excluding carboxylic acids is 1. The molecule has 29 heavy (non-hydrogen) atoms. The molecule has 0 bridgehead atoms. The van der Waals surface area contributed by atoms with Crippen LogP contribution in [0.3, 0.4) is 0 Å². The van der Waals surface area contributed by atoms with E-state index in [0.29, 0.717) is 17.7 Å². The Balaban J connectivity index is 1.80. The predicted octanol–water partition coefficient (Wildman–Crippen LogP) is 5.79. The van der Waals surface area contributed by atoms with E-state index in [9.17, 15) is 4.79 Å². The Hall–Kier alpha value is -3.23. The fourth-order valence-corrected chi connectivity index (χ4v) is 3.27. The highest BCUT2D eigenvalue weighted by molar-refractivity contribution is 6.32. The molecule has 0 saturated carbocycles. The standard InChI is InChI=1S/C27H27NO/c1-21-14-16-23(17-15-21)18-26(25-12-8-5-9-13-25)27(29)22(2)19-28(3)20-24-10-6-4-7-11-24/h4-18H,2,19-20H2,1,3H3/b26-18+. The van der Waals surface area contributed by atoms with E-state index in [1.165, 1.54) is 11.1 Å². The summed E-state index contributed by atoms with van der Waals surface area (Å²) in [6.07, 6.45) is 1.96. The number of allylic oxidation sites excluding steroid dienone is 1. The van der Waals surface area contributed by atoms with Crippen LogP contribution in [0, 0.1) is 6.92 Å². The second-order valence-electron chi connectivity index (χ2n) is 7.43. The summed E-state index contributed by atoms with van der Waals surface area (Å²) in [4.78, 5) is 15.4. The molecule has 0 unspecified atom stereocenters. The maximum absolute atomic E-state index is 13.3. The van der Waals surface area contributed by atoms with Crippen molar-refractivity contribution in [3.63, 3.8) is 0 Å². The van der Waals surface area contributed by atoms with Crippen molar-refractivity contribution < 1.29 is 4.79 Å². The van der Waals surface area contributed by atoms with Gasteiger partial charge in [0.2, 0.25) is 0 Å². The van der Waals surface area contributed by atoms with Gasteiger partial charge in [0.25, 0.3) is 0 Å². The molecule has 0 fully saturated rings. The molecule has 3 aromatic rings. The van der Waals surface area contributed by atoms with Crippen LogP contribution in [0.25, 0.3) is 11.6 Å². The molecule has 2 nitrogen and oxygen atoms in total. The van der Waals surface area contributed by atoms with Crippen LogP contribution >= 0.6 is 0 Å². The number of rotatable bonds is 8. The summed E-state index contributed by atoms with van der Waals surface area (Å²) in [7, 11) is 2.01. The number of nitrogens with zero attached hydrogens (tertiary/aromatic N) is 1. The van der Waals surface area contributed by atoms with Gasteiger partial charge in [-0.05, 0) is 36.7 Å². The number of aryl methyl sites for hydroxylation is 1. The van der Waals surface area contributed by atoms with Crippen molar-refractivity contribution in [1.29, 1.82) is 0 Å². The van der Waals surface area contributed by atoms with Crippen LogP contribution in [-0.2, 0) is 11.3 Å². The van der Waals surface area contributed by atoms with Gasteiger partial charge >= 0.3 is 0 Å². The van der Waals surface area contributed by atoms with Crippen molar-refractivity contribution in [2.75, 3.05) is 13.6 Å². The Kier molecular flexibility index (Phi) is 6.94. The van der Waals surface area contributed by atoms with Crippen molar-refractivity contribution in [2.45, 2.75) is 13.5 Å². The summed E-state index contributed by atoms with van der Waals surface area (Å²) in [6.45, 7) is 7.46. The van der Waals surface area contributed by atoms with Crippen molar-refractivity contribution in [2.24, 2.45) is 0 Å². The molecule has 0 saturated heterocycles. The summed E-state index contributed by atoms with van der Waals surface area (Å²) in [5, 5.41) is 0. The van der Waals surface area contributed by atoms with Crippen molar-refractivity contribution in [1.82, 2.24) is 4.90 Å². The molecule has 0 heterocycles. The van der Waals surface area contributed by atoms with Gasteiger partial charge in [-0.3, -0.25) is 9.69 Å². The maximum Gasteiger partial charge on any atom is 0.190 e. The number of carbonyl (C=O) groups is 1. The lowest BCUT2D eigenvalue weighted by Crippen LogP contribution is -2.23. The zero-order chi connectivity index (χ0) is 20.6. The molecule has 0 spiro atoms. The smallest absolute Gasteiger partial charge is 0.190 e. The summed E-state index contributed by atoms with van der Waals surface area (Å²) in [6, 6.07) is 28.2. The Bertz CT molecular complexity index is 986. The molecule has 146 valence electrons. The minimum Gasteiger partial charge on any atom is -0.298 e. The third-order valence-corrected chi connectivity index (χ3v) is 4.79. The quantitative estimate of drug-likeness (QED) is 0.363. The third-order valence-electron chi connectivity index (χ3n) is 4.79. The molecule has 0 atom stereocenters. The molecule has 0 N–H and O–H groups in total. The fraction of sp³-hybridized carbons (Fsp3) is 0.148. The first-order valence-corrected chi connectivity index (χ1v) is 9.81. The number of likely N-dealkylation sites (N-methyl/N-ethyl adjacent to an activating group) is 1. The van der Waals surface area contributed by atoms with E-state index in [2.05, 4.69) is 42.7 Å². The van der Waals surface area contributed by atoms with E-state index < -0.39 is 0 Å². The van der Waals surface area contributed by atoms with Crippen LogP contribution in [-0.4, -0.2) is 24.3 Å². The van der Waals surface area contributed by atoms with Crippen molar-refractivity contribution in [3.05, 3.63) is 119 Å². The van der Waals surface area contributed by atoms with E-state index in [1.807, 2.05) is 73.8 Å². The lowest BCUT2D eigenvalue weighted by molar-refractivity contribution is -0.110. The maximum atomic E-state index is 13.3. The van der Waals surface area contributed by atoms with E-state index in [-0.39, 0.29) is 5.78 Å². The molecule has 3 aromatic carbocycles. The highest BCUT2D eigenvalue weighted by Crippen LogP contribution is 2.23. The molecule has 0 radical (unpaired) electrons. The van der Waals surface area contributed by atoms with Crippen LogP contribution in [0.5, 0.6) is 0 Å².